The maximum absolute atomic E-state index is 10.4. The highest BCUT2D eigenvalue weighted by Gasteiger charge is 2.07. The number of rotatable bonds is 5. The van der Waals surface area contributed by atoms with Gasteiger partial charge in [-0.25, -0.2) is 0 Å². The number of hydrogen-bond acceptors (Lipinski definition) is 4. The molecule has 15 heavy (non-hydrogen) atoms. The Labute approximate surface area is 87.4 Å². The minimum Gasteiger partial charge on any atom is -0.481 e. The molecular formula is C10H12N2O3. The molecule has 1 rings (SSSR count). The number of carboxylic acids is 1. The highest BCUT2D eigenvalue weighted by atomic mass is 16.6. The fraction of sp³-hybridized carbons (Fsp3) is 0.300. The lowest BCUT2D eigenvalue weighted by atomic mass is 10.1. The summed E-state index contributed by atoms with van der Waals surface area (Å²) >= 11 is 0. The van der Waals surface area contributed by atoms with Gasteiger partial charge in [-0.15, -0.1) is 0 Å². The number of hydrogen-bond donors (Lipinski definition) is 1. The molecule has 0 fully saturated rings. The summed E-state index contributed by atoms with van der Waals surface area (Å²) in [7, 11) is 1.43. The Kier molecular flexibility index (Phi) is 4.28. The first-order valence-electron chi connectivity index (χ1n) is 4.46. The van der Waals surface area contributed by atoms with Crippen LogP contribution in [-0.2, 0) is 9.63 Å². The van der Waals surface area contributed by atoms with E-state index < -0.39 is 5.97 Å². The third-order valence-corrected chi connectivity index (χ3v) is 1.77. The monoisotopic (exact) mass is 208 g/mol. The van der Waals surface area contributed by atoms with E-state index in [1.54, 1.807) is 18.5 Å². The summed E-state index contributed by atoms with van der Waals surface area (Å²) in [5.41, 5.74) is 1.37. The van der Waals surface area contributed by atoms with Crippen molar-refractivity contribution in [1.82, 2.24) is 4.98 Å². The van der Waals surface area contributed by atoms with E-state index in [4.69, 9.17) is 5.11 Å². The summed E-state index contributed by atoms with van der Waals surface area (Å²) in [4.78, 5) is 19.0. The smallest absolute Gasteiger partial charge is 0.303 e. The highest BCUT2D eigenvalue weighted by molar-refractivity contribution is 6.01. The Bertz CT molecular complexity index is 349. The van der Waals surface area contributed by atoms with Crippen LogP contribution in [0.15, 0.2) is 29.7 Å². The molecule has 1 aromatic heterocycles. The van der Waals surface area contributed by atoms with Crippen LogP contribution in [0.2, 0.25) is 0 Å². The molecule has 0 radical (unpaired) electrons. The standard InChI is InChI=1S/C10H12N2O3/c1-15-12-9(4-5-10(13)14)8-3-2-6-11-7-8/h2-3,6-7H,4-5H2,1H3,(H,13,14). The molecule has 0 unspecified atom stereocenters. The fourth-order valence-corrected chi connectivity index (χ4v) is 1.11. The molecular weight excluding hydrogens is 196 g/mol. The summed E-state index contributed by atoms with van der Waals surface area (Å²) in [6.07, 6.45) is 3.62. The summed E-state index contributed by atoms with van der Waals surface area (Å²) in [5, 5.41) is 12.3. The first-order valence-corrected chi connectivity index (χ1v) is 4.46. The molecule has 0 atom stereocenters. The van der Waals surface area contributed by atoms with E-state index >= 15 is 0 Å². The molecule has 0 aliphatic rings. The molecule has 0 saturated heterocycles. The van der Waals surface area contributed by atoms with Gasteiger partial charge in [-0.2, -0.15) is 0 Å². The topological polar surface area (TPSA) is 71.8 Å². The molecule has 1 heterocycles. The third-order valence-electron chi connectivity index (χ3n) is 1.77. The molecule has 0 spiro atoms. The minimum absolute atomic E-state index is 0.0249. The van der Waals surface area contributed by atoms with Crippen molar-refractivity contribution >= 4 is 11.7 Å². The quantitative estimate of drug-likeness (QED) is 0.584. The molecule has 0 bridgehead atoms. The van der Waals surface area contributed by atoms with Crippen LogP contribution in [0.25, 0.3) is 0 Å². The lowest BCUT2D eigenvalue weighted by Gasteiger charge is -2.03. The van der Waals surface area contributed by atoms with Crippen LogP contribution in [0.4, 0.5) is 0 Å². The molecule has 5 nitrogen and oxygen atoms in total. The van der Waals surface area contributed by atoms with Gasteiger partial charge in [0.05, 0.1) is 12.1 Å². The highest BCUT2D eigenvalue weighted by Crippen LogP contribution is 2.05. The van der Waals surface area contributed by atoms with Crippen molar-refractivity contribution in [2.75, 3.05) is 7.11 Å². The van der Waals surface area contributed by atoms with Crippen LogP contribution in [0.3, 0.4) is 0 Å². The van der Waals surface area contributed by atoms with Crippen molar-refractivity contribution in [2.45, 2.75) is 12.8 Å². The minimum atomic E-state index is -0.859. The average molecular weight is 208 g/mol. The maximum atomic E-state index is 10.4. The SMILES string of the molecule is CON=C(CCC(=O)O)c1cccnc1. The van der Waals surface area contributed by atoms with E-state index in [2.05, 4.69) is 15.0 Å². The van der Waals surface area contributed by atoms with Crippen molar-refractivity contribution in [2.24, 2.45) is 5.16 Å². The number of carbonyl (C=O) groups is 1. The van der Waals surface area contributed by atoms with Gasteiger partial charge in [0.15, 0.2) is 0 Å². The van der Waals surface area contributed by atoms with Gasteiger partial charge in [0.25, 0.3) is 0 Å². The Hall–Kier alpha value is -1.91. The van der Waals surface area contributed by atoms with E-state index in [0.717, 1.165) is 5.56 Å². The zero-order chi connectivity index (χ0) is 11.1. The van der Waals surface area contributed by atoms with Gasteiger partial charge < -0.3 is 9.94 Å². The number of carboxylic acid groups (broad SMARTS) is 1. The second-order valence-corrected chi connectivity index (χ2v) is 2.86. The average Bonchev–Trinajstić information content (AvgIpc) is 2.25. The zero-order valence-electron chi connectivity index (χ0n) is 8.38. The number of oxime groups is 1. The van der Waals surface area contributed by atoms with Crippen LogP contribution in [0, 0.1) is 0 Å². The first kappa shape index (κ1) is 11.2. The summed E-state index contributed by atoms with van der Waals surface area (Å²) in [5.74, 6) is -0.859. The van der Waals surface area contributed by atoms with E-state index in [9.17, 15) is 4.79 Å². The predicted molar refractivity (Wildman–Crippen MR) is 54.7 cm³/mol. The molecule has 1 aromatic rings. The summed E-state index contributed by atoms with van der Waals surface area (Å²) in [6.45, 7) is 0. The lowest BCUT2D eigenvalue weighted by molar-refractivity contribution is -0.136. The number of aromatic nitrogens is 1. The normalized spacial score (nSPS) is 11.1. The Morgan fingerprint density at radius 1 is 1.60 bits per heavy atom. The second kappa shape index (κ2) is 5.74. The van der Waals surface area contributed by atoms with E-state index in [1.165, 1.54) is 7.11 Å². The summed E-state index contributed by atoms with van der Waals surface area (Å²) in [6, 6.07) is 3.58. The molecule has 1 N–H and O–H groups in total. The van der Waals surface area contributed by atoms with E-state index in [-0.39, 0.29) is 6.42 Å². The van der Waals surface area contributed by atoms with Crippen LogP contribution in [0.5, 0.6) is 0 Å². The first-order chi connectivity index (χ1) is 7.24. The van der Waals surface area contributed by atoms with Crippen molar-refractivity contribution in [3.8, 4) is 0 Å². The van der Waals surface area contributed by atoms with Gasteiger partial charge in [0.2, 0.25) is 0 Å². The van der Waals surface area contributed by atoms with Gasteiger partial charge in [0.1, 0.15) is 7.11 Å². The Balaban J connectivity index is 2.75. The van der Waals surface area contributed by atoms with Gasteiger partial charge >= 0.3 is 5.97 Å². The van der Waals surface area contributed by atoms with E-state index in [1.807, 2.05) is 6.07 Å². The van der Waals surface area contributed by atoms with Crippen molar-refractivity contribution in [1.29, 1.82) is 0 Å². The van der Waals surface area contributed by atoms with Crippen molar-refractivity contribution < 1.29 is 14.7 Å². The number of pyridine rings is 1. The maximum Gasteiger partial charge on any atom is 0.303 e. The summed E-state index contributed by atoms with van der Waals surface area (Å²) < 4.78 is 0. The van der Waals surface area contributed by atoms with Gasteiger partial charge in [-0.3, -0.25) is 9.78 Å². The molecule has 0 saturated carbocycles. The Morgan fingerprint density at radius 2 is 2.40 bits per heavy atom. The third kappa shape index (κ3) is 3.76. The molecule has 0 amide bonds. The van der Waals surface area contributed by atoms with Crippen LogP contribution >= 0.6 is 0 Å². The zero-order valence-corrected chi connectivity index (χ0v) is 8.38. The number of aliphatic carboxylic acids is 1. The largest absolute Gasteiger partial charge is 0.481 e. The van der Waals surface area contributed by atoms with Gasteiger partial charge in [0, 0.05) is 24.4 Å². The molecule has 0 aliphatic carbocycles. The Morgan fingerprint density at radius 3 is 2.93 bits per heavy atom. The number of nitrogens with zero attached hydrogens (tertiary/aromatic N) is 2. The second-order valence-electron chi connectivity index (χ2n) is 2.86. The van der Waals surface area contributed by atoms with Crippen LogP contribution < -0.4 is 0 Å². The molecule has 80 valence electrons. The van der Waals surface area contributed by atoms with Crippen LogP contribution in [-0.4, -0.2) is 28.9 Å². The predicted octanol–water partition coefficient (Wildman–Crippen LogP) is 1.30. The van der Waals surface area contributed by atoms with Gasteiger partial charge in [-0.05, 0) is 12.1 Å². The molecule has 0 aromatic carbocycles. The van der Waals surface area contributed by atoms with E-state index in [0.29, 0.717) is 12.1 Å². The van der Waals surface area contributed by atoms with Crippen molar-refractivity contribution in [3.05, 3.63) is 30.1 Å². The fourth-order valence-electron chi connectivity index (χ4n) is 1.11. The van der Waals surface area contributed by atoms with Crippen LogP contribution in [0.1, 0.15) is 18.4 Å². The molecule has 0 aliphatic heterocycles. The van der Waals surface area contributed by atoms with Crippen molar-refractivity contribution in [3.63, 3.8) is 0 Å². The molecule has 5 heteroatoms. The lowest BCUT2D eigenvalue weighted by Crippen LogP contribution is -2.06. The van der Waals surface area contributed by atoms with Gasteiger partial charge in [-0.1, -0.05) is 5.16 Å².